The Balaban J connectivity index is 2.02. The van der Waals surface area contributed by atoms with Gasteiger partial charge in [0.05, 0.1) is 0 Å². The molecule has 0 unspecified atom stereocenters. The summed E-state index contributed by atoms with van der Waals surface area (Å²) in [5.74, 6) is 0.578. The zero-order valence-corrected chi connectivity index (χ0v) is 11.6. The number of nitrogens with two attached hydrogens (primary N) is 1. The van der Waals surface area contributed by atoms with Crippen molar-refractivity contribution in [1.29, 1.82) is 0 Å². The maximum atomic E-state index is 13.4. The zero-order valence-electron chi connectivity index (χ0n) is 10.0. The Morgan fingerprint density at radius 3 is 2.75 bits per heavy atom. The van der Waals surface area contributed by atoms with Crippen LogP contribution in [0.5, 0.6) is 0 Å². The van der Waals surface area contributed by atoms with Crippen molar-refractivity contribution >= 4 is 21.7 Å². The van der Waals surface area contributed by atoms with E-state index >= 15 is 0 Å². The summed E-state index contributed by atoms with van der Waals surface area (Å²) in [5, 5.41) is 3.84. The average Bonchev–Trinajstić information content (AvgIpc) is 2.87. The second-order valence-corrected chi connectivity index (χ2v) is 4.97. The predicted octanol–water partition coefficient (Wildman–Crippen LogP) is 3.28. The van der Waals surface area contributed by atoms with E-state index in [2.05, 4.69) is 31.1 Å². The molecule has 5 nitrogen and oxygen atoms in total. The van der Waals surface area contributed by atoms with Crippen molar-refractivity contribution in [2.75, 3.05) is 5.73 Å². The highest BCUT2D eigenvalue weighted by Crippen LogP contribution is 2.25. The Morgan fingerprint density at radius 1 is 1.15 bits per heavy atom. The second kappa shape index (κ2) is 5.01. The lowest BCUT2D eigenvalue weighted by Gasteiger charge is -1.96. The highest BCUT2D eigenvalue weighted by Gasteiger charge is 2.12. The van der Waals surface area contributed by atoms with E-state index in [-0.39, 0.29) is 5.82 Å². The van der Waals surface area contributed by atoms with Gasteiger partial charge in [-0.05, 0) is 30.3 Å². The molecule has 100 valence electrons. The Labute approximate surface area is 121 Å². The van der Waals surface area contributed by atoms with Crippen LogP contribution in [-0.2, 0) is 0 Å². The fourth-order valence-corrected chi connectivity index (χ4v) is 2.19. The number of aromatic nitrogens is 3. The Morgan fingerprint density at radius 2 is 2.00 bits per heavy atom. The lowest BCUT2D eigenvalue weighted by Crippen LogP contribution is -1.89. The minimum Gasteiger partial charge on any atom is -0.384 e. The number of rotatable bonds is 2. The first kappa shape index (κ1) is 12.7. The molecule has 20 heavy (non-hydrogen) atoms. The lowest BCUT2D eigenvalue weighted by atomic mass is 10.2. The Kier molecular flexibility index (Phi) is 3.19. The number of anilines is 1. The molecule has 0 radical (unpaired) electrons. The molecule has 3 aromatic rings. The van der Waals surface area contributed by atoms with Gasteiger partial charge in [0.25, 0.3) is 5.89 Å². The van der Waals surface area contributed by atoms with E-state index in [0.29, 0.717) is 33.1 Å². The largest absolute Gasteiger partial charge is 0.384 e. The molecule has 0 spiro atoms. The zero-order chi connectivity index (χ0) is 14.1. The van der Waals surface area contributed by atoms with Crippen molar-refractivity contribution in [2.45, 2.75) is 0 Å². The van der Waals surface area contributed by atoms with Crippen LogP contribution in [0.15, 0.2) is 45.5 Å². The summed E-state index contributed by atoms with van der Waals surface area (Å²) >= 11 is 3.22. The van der Waals surface area contributed by atoms with Crippen molar-refractivity contribution < 1.29 is 8.91 Å². The van der Waals surface area contributed by atoms with Crippen molar-refractivity contribution in [2.24, 2.45) is 0 Å². The van der Waals surface area contributed by atoms with Gasteiger partial charge in [-0.25, -0.2) is 9.37 Å². The molecular formula is C13H8BrFN4O. The molecule has 0 aliphatic rings. The lowest BCUT2D eigenvalue weighted by molar-refractivity contribution is 0.432. The summed E-state index contributed by atoms with van der Waals surface area (Å²) < 4.78 is 19.1. The summed E-state index contributed by atoms with van der Waals surface area (Å²) in [5.41, 5.74) is 6.78. The van der Waals surface area contributed by atoms with E-state index in [4.69, 9.17) is 10.3 Å². The van der Waals surface area contributed by atoms with Gasteiger partial charge in [-0.15, -0.1) is 0 Å². The van der Waals surface area contributed by atoms with Crippen LogP contribution < -0.4 is 5.73 Å². The highest BCUT2D eigenvalue weighted by atomic mass is 79.9. The molecule has 2 heterocycles. The maximum absolute atomic E-state index is 13.4. The number of hydrogen-bond acceptors (Lipinski definition) is 5. The minimum atomic E-state index is -0.381. The molecule has 0 fully saturated rings. The van der Waals surface area contributed by atoms with Crippen LogP contribution in [0.2, 0.25) is 0 Å². The summed E-state index contributed by atoms with van der Waals surface area (Å²) in [4.78, 5) is 8.11. The fourth-order valence-electron chi connectivity index (χ4n) is 1.72. The third kappa shape index (κ3) is 2.53. The van der Waals surface area contributed by atoms with Gasteiger partial charge >= 0.3 is 0 Å². The summed E-state index contributed by atoms with van der Waals surface area (Å²) in [6.07, 6.45) is 1.55. The van der Waals surface area contributed by atoms with Crippen LogP contribution in [0.1, 0.15) is 0 Å². The molecule has 0 saturated carbocycles. The molecule has 2 aromatic heterocycles. The van der Waals surface area contributed by atoms with Gasteiger partial charge in [-0.3, -0.25) is 0 Å². The van der Waals surface area contributed by atoms with E-state index in [1.165, 1.54) is 12.1 Å². The van der Waals surface area contributed by atoms with Crippen molar-refractivity contribution in [3.63, 3.8) is 0 Å². The standard InChI is InChI=1S/C13H8BrFN4O/c14-9-3-8(4-10(15)6-9)12-18-13(20-19-12)7-1-2-17-11(16)5-7/h1-6H,(H2,16,17). The number of nitrogens with zero attached hydrogens (tertiary/aromatic N) is 3. The molecule has 0 aliphatic heterocycles. The van der Waals surface area contributed by atoms with Gasteiger partial charge in [0.15, 0.2) is 0 Å². The van der Waals surface area contributed by atoms with Crippen molar-refractivity contribution in [1.82, 2.24) is 15.1 Å². The molecule has 7 heteroatoms. The Hall–Kier alpha value is -2.28. The summed E-state index contributed by atoms with van der Waals surface area (Å²) in [7, 11) is 0. The van der Waals surface area contributed by atoms with Gasteiger partial charge in [-0.1, -0.05) is 21.1 Å². The molecule has 2 N–H and O–H groups in total. The average molecular weight is 335 g/mol. The summed E-state index contributed by atoms with van der Waals surface area (Å²) in [6.45, 7) is 0. The van der Waals surface area contributed by atoms with E-state index in [0.717, 1.165) is 0 Å². The number of benzene rings is 1. The summed E-state index contributed by atoms with van der Waals surface area (Å²) in [6, 6.07) is 7.72. The van der Waals surface area contributed by atoms with E-state index in [1.54, 1.807) is 24.4 Å². The van der Waals surface area contributed by atoms with Gasteiger partial charge < -0.3 is 10.3 Å². The van der Waals surface area contributed by atoms with Crippen molar-refractivity contribution in [3.05, 3.63) is 46.8 Å². The van der Waals surface area contributed by atoms with Crippen LogP contribution in [0.25, 0.3) is 22.8 Å². The van der Waals surface area contributed by atoms with Crippen molar-refractivity contribution in [3.8, 4) is 22.8 Å². The van der Waals surface area contributed by atoms with Crippen LogP contribution in [0.4, 0.5) is 10.2 Å². The number of hydrogen-bond donors (Lipinski definition) is 1. The monoisotopic (exact) mass is 334 g/mol. The molecule has 0 bridgehead atoms. The van der Waals surface area contributed by atoms with Crippen LogP contribution in [0, 0.1) is 5.82 Å². The predicted molar refractivity (Wildman–Crippen MR) is 75.0 cm³/mol. The SMILES string of the molecule is Nc1cc(-c2nc(-c3cc(F)cc(Br)c3)no2)ccn1. The Bertz CT molecular complexity index is 754. The molecule has 0 aliphatic carbocycles. The number of halogens is 2. The molecule has 1 aromatic carbocycles. The van der Waals surface area contributed by atoms with Gasteiger partial charge in [0.1, 0.15) is 11.6 Å². The first-order valence-corrected chi connectivity index (χ1v) is 6.43. The molecular weight excluding hydrogens is 327 g/mol. The van der Waals surface area contributed by atoms with E-state index in [1.807, 2.05) is 0 Å². The van der Waals surface area contributed by atoms with E-state index < -0.39 is 0 Å². The molecule has 0 atom stereocenters. The topological polar surface area (TPSA) is 77.8 Å². The smallest absolute Gasteiger partial charge is 0.258 e. The highest BCUT2D eigenvalue weighted by molar-refractivity contribution is 9.10. The van der Waals surface area contributed by atoms with Crippen LogP contribution in [0.3, 0.4) is 0 Å². The molecule has 0 saturated heterocycles. The first-order valence-electron chi connectivity index (χ1n) is 5.64. The quantitative estimate of drug-likeness (QED) is 0.778. The number of nitrogen functional groups attached to an aromatic ring is 1. The second-order valence-electron chi connectivity index (χ2n) is 4.05. The van der Waals surface area contributed by atoms with Gasteiger partial charge in [0.2, 0.25) is 5.82 Å². The minimum absolute atomic E-state index is 0.300. The number of pyridine rings is 1. The molecule has 3 rings (SSSR count). The van der Waals surface area contributed by atoms with Gasteiger partial charge in [-0.2, -0.15) is 4.98 Å². The van der Waals surface area contributed by atoms with Crippen LogP contribution >= 0.6 is 15.9 Å². The molecule has 0 amide bonds. The first-order chi connectivity index (χ1) is 9.61. The maximum Gasteiger partial charge on any atom is 0.258 e. The van der Waals surface area contributed by atoms with Crippen LogP contribution in [-0.4, -0.2) is 15.1 Å². The third-order valence-corrected chi connectivity index (χ3v) is 3.03. The fraction of sp³-hybridized carbons (Fsp3) is 0. The van der Waals surface area contributed by atoms with E-state index in [9.17, 15) is 4.39 Å². The third-order valence-electron chi connectivity index (χ3n) is 2.57. The normalized spacial score (nSPS) is 10.7. The van der Waals surface area contributed by atoms with Gasteiger partial charge in [0, 0.05) is 21.8 Å².